The summed E-state index contributed by atoms with van der Waals surface area (Å²) in [5.41, 5.74) is 0.379. The summed E-state index contributed by atoms with van der Waals surface area (Å²) < 4.78 is 39.4. The Kier molecular flexibility index (Phi) is 7.89. The normalized spacial score (nSPS) is 21.5. The van der Waals surface area contributed by atoms with Crippen molar-refractivity contribution in [3.8, 4) is 0 Å². The van der Waals surface area contributed by atoms with Crippen LogP contribution in [-0.2, 0) is 9.59 Å². The molecule has 214 valence electrons. The number of carbonyl (C=O) groups is 3. The lowest BCUT2D eigenvalue weighted by Crippen LogP contribution is -2.19. The van der Waals surface area contributed by atoms with Gasteiger partial charge in [0.05, 0.1) is 22.2 Å². The third kappa shape index (κ3) is 6.24. The molecule has 2 aliphatic rings. The summed E-state index contributed by atoms with van der Waals surface area (Å²) in [7, 11) is 0. The van der Waals surface area contributed by atoms with Crippen molar-refractivity contribution in [3.05, 3.63) is 86.6 Å². The van der Waals surface area contributed by atoms with Crippen molar-refractivity contribution < 1.29 is 27.6 Å². The summed E-state index contributed by atoms with van der Waals surface area (Å²) in [6.45, 7) is 0. The molecule has 3 unspecified atom stereocenters. The first-order valence-electron chi connectivity index (χ1n) is 11.9. The summed E-state index contributed by atoms with van der Waals surface area (Å²) in [5.74, 6) is -9.15. The number of nitrogens with one attached hydrogen (secondary N) is 3. The molecule has 0 spiro atoms. The molecule has 3 atom stereocenters. The van der Waals surface area contributed by atoms with E-state index in [4.69, 9.17) is 58.0 Å². The van der Waals surface area contributed by atoms with E-state index < -0.39 is 58.0 Å². The zero-order valence-corrected chi connectivity index (χ0v) is 24.2. The van der Waals surface area contributed by atoms with Crippen molar-refractivity contribution in [2.75, 3.05) is 16.0 Å². The topological polar surface area (TPSA) is 87.3 Å². The van der Waals surface area contributed by atoms with E-state index in [0.717, 1.165) is 12.1 Å². The van der Waals surface area contributed by atoms with Crippen LogP contribution in [0.2, 0.25) is 15.1 Å². The largest absolute Gasteiger partial charge is 0.326 e. The zero-order chi connectivity index (χ0) is 29.9. The Bertz CT molecular complexity index is 1580. The van der Waals surface area contributed by atoms with E-state index in [1.54, 1.807) is 12.1 Å². The lowest BCUT2D eigenvalue weighted by Gasteiger charge is -2.12. The van der Waals surface area contributed by atoms with Crippen LogP contribution in [0, 0.1) is 17.7 Å². The van der Waals surface area contributed by atoms with Crippen LogP contribution in [0.3, 0.4) is 0 Å². The van der Waals surface area contributed by atoms with Gasteiger partial charge in [0, 0.05) is 33.8 Å². The highest BCUT2D eigenvalue weighted by Crippen LogP contribution is 2.65. The van der Waals surface area contributed by atoms with Gasteiger partial charge in [-0.05, 0) is 60.2 Å². The van der Waals surface area contributed by atoms with Crippen molar-refractivity contribution in [2.45, 2.75) is 22.6 Å². The van der Waals surface area contributed by atoms with Gasteiger partial charge in [0.25, 0.3) is 11.8 Å². The fraction of sp³-hybridized carbons (Fsp3) is 0.222. The second-order valence-electron chi connectivity index (χ2n) is 9.67. The monoisotopic (exact) mass is 663 g/mol. The molecule has 5 rings (SSSR count). The molecule has 3 N–H and O–H groups in total. The third-order valence-electron chi connectivity index (χ3n) is 6.69. The maximum absolute atomic E-state index is 14.6. The van der Waals surface area contributed by atoms with E-state index in [9.17, 15) is 27.6 Å². The highest BCUT2D eigenvalue weighted by atomic mass is 35.5. The molecule has 3 aromatic carbocycles. The summed E-state index contributed by atoms with van der Waals surface area (Å²) >= 11 is 31.1. The fourth-order valence-electron chi connectivity index (χ4n) is 4.43. The van der Waals surface area contributed by atoms with Crippen LogP contribution < -0.4 is 16.0 Å². The van der Waals surface area contributed by atoms with Crippen LogP contribution in [0.1, 0.15) is 28.3 Å². The highest BCUT2D eigenvalue weighted by molar-refractivity contribution is 6.53. The molecule has 0 saturated heterocycles. The Morgan fingerprint density at radius 2 is 1.39 bits per heavy atom. The molecule has 0 radical (unpaired) electrons. The van der Waals surface area contributed by atoms with E-state index >= 15 is 0 Å². The SMILES string of the molecule is O=C(Nc1ccc(NC(=O)C2CC2(F)F)cc1F)c1cc(NC(=O)C2C(c3cc(Cl)cc(Cl)c3)C2(Cl)Cl)ccc1Cl. The molecule has 0 aliphatic heterocycles. The summed E-state index contributed by atoms with van der Waals surface area (Å²) in [5, 5.41) is 7.95. The number of benzene rings is 3. The van der Waals surface area contributed by atoms with Gasteiger partial charge in [0.2, 0.25) is 11.8 Å². The van der Waals surface area contributed by atoms with Gasteiger partial charge in [-0.3, -0.25) is 14.4 Å². The maximum Gasteiger partial charge on any atom is 0.260 e. The van der Waals surface area contributed by atoms with Crippen molar-refractivity contribution in [2.24, 2.45) is 11.8 Å². The van der Waals surface area contributed by atoms with Gasteiger partial charge in [0.1, 0.15) is 16.1 Å². The van der Waals surface area contributed by atoms with Gasteiger partial charge in [0.15, 0.2) is 0 Å². The number of carbonyl (C=O) groups excluding carboxylic acids is 3. The van der Waals surface area contributed by atoms with Gasteiger partial charge in [-0.25, -0.2) is 13.2 Å². The molecule has 6 nitrogen and oxygen atoms in total. The van der Waals surface area contributed by atoms with Crippen LogP contribution in [0.4, 0.5) is 30.2 Å². The minimum absolute atomic E-state index is 0.0112. The summed E-state index contributed by atoms with van der Waals surface area (Å²) in [6.07, 6.45) is -0.563. The van der Waals surface area contributed by atoms with Crippen LogP contribution in [-0.4, -0.2) is 28.0 Å². The quantitative estimate of drug-likeness (QED) is 0.223. The average molecular weight is 666 g/mol. The Labute approximate surface area is 256 Å². The Balaban J connectivity index is 1.26. The van der Waals surface area contributed by atoms with Gasteiger partial charge in [-0.2, -0.15) is 0 Å². The lowest BCUT2D eigenvalue weighted by atomic mass is 10.1. The third-order valence-corrected chi connectivity index (χ3v) is 8.39. The van der Waals surface area contributed by atoms with Gasteiger partial charge < -0.3 is 16.0 Å². The molecule has 14 heteroatoms. The van der Waals surface area contributed by atoms with Crippen molar-refractivity contribution in [1.82, 2.24) is 0 Å². The first-order valence-corrected chi connectivity index (χ1v) is 13.8. The predicted molar refractivity (Wildman–Crippen MR) is 153 cm³/mol. The van der Waals surface area contributed by atoms with Crippen molar-refractivity contribution >= 4 is 92.8 Å². The molecular formula is C27H17Cl5F3N3O3. The fourth-order valence-corrected chi connectivity index (χ4v) is 6.00. The number of halogens is 8. The molecule has 3 aromatic rings. The predicted octanol–water partition coefficient (Wildman–Crippen LogP) is 8.16. The highest BCUT2D eigenvalue weighted by Gasteiger charge is 2.67. The first kappa shape index (κ1) is 29.8. The molecule has 0 aromatic heterocycles. The second-order valence-corrected chi connectivity index (χ2v) is 12.4. The van der Waals surface area contributed by atoms with Crippen molar-refractivity contribution in [1.29, 1.82) is 0 Å². The molecule has 2 saturated carbocycles. The summed E-state index contributed by atoms with van der Waals surface area (Å²) in [4.78, 5) is 37.8. The molecule has 0 heterocycles. The first-order chi connectivity index (χ1) is 19.2. The minimum Gasteiger partial charge on any atom is -0.326 e. The van der Waals surface area contributed by atoms with Crippen molar-refractivity contribution in [3.63, 3.8) is 0 Å². The Morgan fingerprint density at radius 3 is 2.00 bits per heavy atom. The molecule has 0 bridgehead atoms. The minimum atomic E-state index is -3.06. The number of amides is 3. The number of anilines is 3. The van der Waals surface area contributed by atoms with Crippen LogP contribution >= 0.6 is 58.0 Å². The van der Waals surface area contributed by atoms with E-state index in [1.807, 2.05) is 0 Å². The smallest absolute Gasteiger partial charge is 0.260 e. The lowest BCUT2D eigenvalue weighted by molar-refractivity contribution is -0.119. The zero-order valence-electron chi connectivity index (χ0n) is 20.4. The summed E-state index contributed by atoms with van der Waals surface area (Å²) in [6, 6.07) is 12.2. The number of rotatable bonds is 7. The van der Waals surface area contributed by atoms with Crippen LogP contribution in [0.5, 0.6) is 0 Å². The maximum atomic E-state index is 14.6. The van der Waals surface area contributed by atoms with Gasteiger partial charge in [-0.1, -0.05) is 34.8 Å². The number of alkyl halides is 4. The number of hydrogen-bond acceptors (Lipinski definition) is 3. The van der Waals surface area contributed by atoms with Gasteiger partial charge >= 0.3 is 0 Å². The molecule has 2 fully saturated rings. The van der Waals surface area contributed by atoms with Gasteiger partial charge in [-0.15, -0.1) is 23.2 Å². The molecule has 2 aliphatic carbocycles. The van der Waals surface area contributed by atoms with E-state index in [0.29, 0.717) is 15.6 Å². The Hall–Kier alpha value is -2.69. The molecule has 3 amide bonds. The number of hydrogen-bond donors (Lipinski definition) is 3. The van der Waals surface area contributed by atoms with Crippen LogP contribution in [0.15, 0.2) is 54.6 Å². The van der Waals surface area contributed by atoms with E-state index in [1.165, 1.54) is 30.3 Å². The second kappa shape index (κ2) is 10.9. The van der Waals surface area contributed by atoms with E-state index in [2.05, 4.69) is 16.0 Å². The standard InChI is InChI=1S/C27H17Cl5F3N3O3/c28-12-5-11(6-13(29)7-12)21-22(27(21,31)32)25(41)37-14-1-3-18(30)16(8-14)23(39)38-20-4-2-15(9-19(20)33)36-24(40)17-10-26(17,34)35/h1-9,17,21-22H,10H2,(H,36,40)(H,37,41)(H,38,39). The molecule has 41 heavy (non-hydrogen) atoms. The van der Waals surface area contributed by atoms with Crippen LogP contribution in [0.25, 0.3) is 0 Å². The average Bonchev–Trinajstić information content (AvgIpc) is 3.70. The van der Waals surface area contributed by atoms with E-state index in [-0.39, 0.29) is 27.6 Å². The molecular weight excluding hydrogens is 649 g/mol. The Morgan fingerprint density at radius 1 is 0.805 bits per heavy atom.